The second kappa shape index (κ2) is 10.4. The van der Waals surface area contributed by atoms with E-state index in [1.165, 1.54) is 11.8 Å². The highest BCUT2D eigenvalue weighted by Gasteiger charge is 2.28. The maximum atomic E-state index is 13.2. The molecule has 1 amide bonds. The normalized spacial score (nSPS) is 11.6. The Morgan fingerprint density at radius 2 is 1.56 bits per heavy atom. The standard InChI is InChI=1S/C26H26N4O3S/c1-29(2)25(31)23(18-10-6-5-7-11-18)34-26-28-27-24(21-12-8-9-13-22(21)33-4)30(26)19-14-16-20(32-3)17-15-19/h5-17,23H,1-4H3/t23-/m0/s1. The lowest BCUT2D eigenvalue weighted by Gasteiger charge is -2.21. The zero-order valence-corrected chi connectivity index (χ0v) is 20.3. The fourth-order valence-electron chi connectivity index (χ4n) is 3.54. The van der Waals surface area contributed by atoms with Crippen molar-refractivity contribution in [3.8, 4) is 28.6 Å². The van der Waals surface area contributed by atoms with E-state index >= 15 is 0 Å². The van der Waals surface area contributed by atoms with Crippen molar-refractivity contribution >= 4 is 17.7 Å². The summed E-state index contributed by atoms with van der Waals surface area (Å²) in [5.41, 5.74) is 2.54. The molecule has 4 aromatic rings. The maximum Gasteiger partial charge on any atom is 0.240 e. The van der Waals surface area contributed by atoms with Crippen molar-refractivity contribution in [3.05, 3.63) is 84.4 Å². The van der Waals surface area contributed by atoms with E-state index in [9.17, 15) is 4.79 Å². The molecule has 34 heavy (non-hydrogen) atoms. The van der Waals surface area contributed by atoms with Crippen LogP contribution in [-0.4, -0.2) is 53.9 Å². The number of ether oxygens (including phenoxy) is 2. The minimum absolute atomic E-state index is 0.0284. The Morgan fingerprint density at radius 1 is 0.882 bits per heavy atom. The molecule has 0 aliphatic rings. The van der Waals surface area contributed by atoms with E-state index in [0.717, 1.165) is 22.6 Å². The predicted octanol–water partition coefficient (Wildman–Crippen LogP) is 4.87. The number of benzene rings is 3. The van der Waals surface area contributed by atoms with Crippen molar-refractivity contribution in [2.45, 2.75) is 10.4 Å². The summed E-state index contributed by atoms with van der Waals surface area (Å²) in [5.74, 6) is 2.02. The minimum atomic E-state index is -0.483. The molecule has 0 aliphatic carbocycles. The van der Waals surface area contributed by atoms with Gasteiger partial charge in [0.25, 0.3) is 0 Å². The summed E-state index contributed by atoms with van der Waals surface area (Å²) in [6.45, 7) is 0. The number of thioether (sulfide) groups is 1. The Bertz CT molecular complexity index is 1260. The number of para-hydroxylation sites is 1. The average molecular weight is 475 g/mol. The van der Waals surface area contributed by atoms with Gasteiger partial charge in [-0.3, -0.25) is 9.36 Å². The van der Waals surface area contributed by atoms with Crippen LogP contribution in [0, 0.1) is 0 Å². The van der Waals surface area contributed by atoms with E-state index in [1.807, 2.05) is 83.4 Å². The largest absolute Gasteiger partial charge is 0.497 e. The number of amides is 1. The highest BCUT2D eigenvalue weighted by atomic mass is 32.2. The van der Waals surface area contributed by atoms with Gasteiger partial charge in [0.15, 0.2) is 11.0 Å². The Morgan fingerprint density at radius 3 is 2.21 bits per heavy atom. The molecule has 0 saturated carbocycles. The monoisotopic (exact) mass is 474 g/mol. The Kier molecular flexibility index (Phi) is 7.18. The summed E-state index contributed by atoms with van der Waals surface area (Å²) >= 11 is 1.36. The second-order valence-electron chi connectivity index (χ2n) is 7.68. The highest BCUT2D eigenvalue weighted by molar-refractivity contribution is 8.00. The third-order valence-corrected chi connectivity index (χ3v) is 6.49. The summed E-state index contributed by atoms with van der Waals surface area (Å²) in [4.78, 5) is 14.8. The van der Waals surface area contributed by atoms with Gasteiger partial charge in [-0.25, -0.2) is 0 Å². The third kappa shape index (κ3) is 4.77. The van der Waals surface area contributed by atoms with Crippen molar-refractivity contribution in [1.82, 2.24) is 19.7 Å². The SMILES string of the molecule is COc1ccc(-n2c(S[C@H](C(=O)N(C)C)c3ccccc3)nnc2-c2ccccc2OC)cc1. The Hall–Kier alpha value is -3.78. The molecule has 0 radical (unpaired) electrons. The zero-order chi connectivity index (χ0) is 24.1. The lowest BCUT2D eigenvalue weighted by atomic mass is 10.1. The predicted molar refractivity (Wildman–Crippen MR) is 134 cm³/mol. The van der Waals surface area contributed by atoms with Gasteiger partial charge in [0.2, 0.25) is 5.91 Å². The number of hydrogen-bond donors (Lipinski definition) is 0. The third-order valence-electron chi connectivity index (χ3n) is 5.30. The lowest BCUT2D eigenvalue weighted by molar-refractivity contribution is -0.128. The van der Waals surface area contributed by atoms with Crippen molar-refractivity contribution in [1.29, 1.82) is 0 Å². The Balaban J connectivity index is 1.86. The molecule has 1 atom stereocenters. The first-order valence-corrected chi connectivity index (χ1v) is 11.6. The van der Waals surface area contributed by atoms with E-state index in [1.54, 1.807) is 33.2 Å². The number of likely N-dealkylation sites (N-methyl/N-ethyl adjacent to an activating group) is 1. The van der Waals surface area contributed by atoms with Gasteiger partial charge in [-0.2, -0.15) is 0 Å². The van der Waals surface area contributed by atoms with E-state index in [4.69, 9.17) is 9.47 Å². The lowest BCUT2D eigenvalue weighted by Crippen LogP contribution is -2.27. The van der Waals surface area contributed by atoms with Gasteiger partial charge >= 0.3 is 0 Å². The van der Waals surface area contributed by atoms with Gasteiger partial charge in [0, 0.05) is 14.1 Å². The number of aromatic nitrogens is 3. The summed E-state index contributed by atoms with van der Waals surface area (Å²) in [7, 11) is 6.77. The van der Waals surface area contributed by atoms with Crippen LogP contribution < -0.4 is 9.47 Å². The van der Waals surface area contributed by atoms with Crippen LogP contribution in [0.1, 0.15) is 10.8 Å². The van der Waals surface area contributed by atoms with Crippen LogP contribution in [0.3, 0.4) is 0 Å². The van der Waals surface area contributed by atoms with Crippen LogP contribution in [0.5, 0.6) is 11.5 Å². The molecule has 0 spiro atoms. The zero-order valence-electron chi connectivity index (χ0n) is 19.5. The quantitative estimate of drug-likeness (QED) is 0.339. The molecule has 0 bridgehead atoms. The first kappa shape index (κ1) is 23.4. The first-order chi connectivity index (χ1) is 16.5. The Labute approximate surface area is 203 Å². The average Bonchev–Trinajstić information content (AvgIpc) is 3.30. The molecule has 3 aromatic carbocycles. The summed E-state index contributed by atoms with van der Waals surface area (Å²) in [6.07, 6.45) is 0. The van der Waals surface area contributed by atoms with E-state index in [0.29, 0.717) is 16.7 Å². The molecular formula is C26H26N4O3S. The van der Waals surface area contributed by atoms with Crippen LogP contribution in [0.4, 0.5) is 0 Å². The van der Waals surface area contributed by atoms with Gasteiger partial charge in [-0.1, -0.05) is 54.2 Å². The van der Waals surface area contributed by atoms with Crippen molar-refractivity contribution in [2.75, 3.05) is 28.3 Å². The smallest absolute Gasteiger partial charge is 0.240 e. The number of nitrogens with zero attached hydrogens (tertiary/aromatic N) is 4. The molecule has 0 N–H and O–H groups in total. The molecule has 1 aromatic heterocycles. The summed E-state index contributed by atoms with van der Waals surface area (Å²) in [5, 5.41) is 9.14. The highest BCUT2D eigenvalue weighted by Crippen LogP contribution is 2.39. The molecule has 4 rings (SSSR count). The number of rotatable bonds is 8. The van der Waals surface area contributed by atoms with Crippen LogP contribution in [0.2, 0.25) is 0 Å². The van der Waals surface area contributed by atoms with Crippen molar-refractivity contribution < 1.29 is 14.3 Å². The number of carbonyl (C=O) groups is 1. The minimum Gasteiger partial charge on any atom is -0.497 e. The molecule has 0 aliphatic heterocycles. The van der Waals surface area contributed by atoms with Crippen LogP contribution in [0.25, 0.3) is 17.1 Å². The van der Waals surface area contributed by atoms with Gasteiger partial charge in [0.05, 0.1) is 25.5 Å². The fraction of sp³-hybridized carbons (Fsp3) is 0.192. The maximum absolute atomic E-state index is 13.2. The molecule has 174 valence electrons. The van der Waals surface area contributed by atoms with Gasteiger partial charge in [-0.15, -0.1) is 10.2 Å². The van der Waals surface area contributed by atoms with E-state index in [2.05, 4.69) is 10.2 Å². The number of carbonyl (C=O) groups excluding carboxylic acids is 1. The van der Waals surface area contributed by atoms with Gasteiger partial charge < -0.3 is 14.4 Å². The van der Waals surface area contributed by atoms with Crippen LogP contribution in [0.15, 0.2) is 84.0 Å². The summed E-state index contributed by atoms with van der Waals surface area (Å²) < 4.78 is 12.9. The van der Waals surface area contributed by atoms with Crippen molar-refractivity contribution in [3.63, 3.8) is 0 Å². The molecule has 0 saturated heterocycles. The van der Waals surface area contributed by atoms with Crippen LogP contribution in [-0.2, 0) is 4.79 Å². The van der Waals surface area contributed by atoms with E-state index < -0.39 is 5.25 Å². The molecule has 1 heterocycles. The molecule has 8 heteroatoms. The summed E-state index contributed by atoms with van der Waals surface area (Å²) in [6, 6.07) is 25.0. The van der Waals surface area contributed by atoms with Gasteiger partial charge in [0.1, 0.15) is 16.7 Å². The number of hydrogen-bond acceptors (Lipinski definition) is 6. The van der Waals surface area contributed by atoms with Crippen molar-refractivity contribution in [2.24, 2.45) is 0 Å². The van der Waals surface area contributed by atoms with E-state index in [-0.39, 0.29) is 5.91 Å². The first-order valence-electron chi connectivity index (χ1n) is 10.7. The van der Waals surface area contributed by atoms with Crippen LogP contribution >= 0.6 is 11.8 Å². The molecule has 0 fully saturated rings. The second-order valence-corrected chi connectivity index (χ2v) is 8.75. The number of methoxy groups -OCH3 is 2. The fourth-order valence-corrected chi connectivity index (χ4v) is 4.74. The van der Waals surface area contributed by atoms with Gasteiger partial charge in [-0.05, 0) is 42.0 Å². The molecule has 0 unspecified atom stereocenters. The topological polar surface area (TPSA) is 69.5 Å². The molecular weight excluding hydrogens is 448 g/mol. The molecule has 7 nitrogen and oxygen atoms in total.